The fourth-order valence-electron chi connectivity index (χ4n) is 5.00. The van der Waals surface area contributed by atoms with Gasteiger partial charge in [0.15, 0.2) is 4.80 Å². The second-order valence-corrected chi connectivity index (χ2v) is 9.81. The molecule has 0 N–H and O–H groups in total. The number of methoxy groups -OCH3 is 1. The van der Waals surface area contributed by atoms with Gasteiger partial charge in [-0.05, 0) is 58.9 Å². The van der Waals surface area contributed by atoms with Gasteiger partial charge in [-0.3, -0.25) is 9.36 Å². The maximum Gasteiger partial charge on any atom is 0.271 e. The largest absolute Gasteiger partial charge is 0.545 e. The van der Waals surface area contributed by atoms with Gasteiger partial charge in [-0.2, -0.15) is 0 Å². The van der Waals surface area contributed by atoms with Crippen LogP contribution in [0.5, 0.6) is 5.75 Å². The van der Waals surface area contributed by atoms with Crippen LogP contribution in [0.25, 0.3) is 11.8 Å². The van der Waals surface area contributed by atoms with Gasteiger partial charge < -0.3 is 14.6 Å². The molecule has 7 heteroatoms. The number of aromatic nitrogens is 1. The van der Waals surface area contributed by atoms with Gasteiger partial charge >= 0.3 is 0 Å². The van der Waals surface area contributed by atoms with Crippen molar-refractivity contribution in [2.75, 3.05) is 7.11 Å². The van der Waals surface area contributed by atoms with Gasteiger partial charge in [-0.1, -0.05) is 72.0 Å². The molecule has 0 fully saturated rings. The highest BCUT2D eigenvalue weighted by Crippen LogP contribution is 2.41. The molecule has 4 aromatic rings. The summed E-state index contributed by atoms with van der Waals surface area (Å²) in [6.45, 7) is 0. The van der Waals surface area contributed by atoms with Crippen molar-refractivity contribution in [1.82, 2.24) is 4.57 Å². The number of hydrogen-bond donors (Lipinski definition) is 0. The van der Waals surface area contributed by atoms with Crippen molar-refractivity contribution >= 4 is 29.1 Å². The summed E-state index contributed by atoms with van der Waals surface area (Å²) in [4.78, 5) is 30.5. The number of carbonyl (C=O) groups excluding carboxylic acids is 1. The lowest BCUT2D eigenvalue weighted by atomic mass is 9.83. The highest BCUT2D eigenvalue weighted by molar-refractivity contribution is 7.07. The molecule has 1 atom stereocenters. The number of thiazole rings is 1. The molecule has 6 rings (SSSR count). The Balaban J connectivity index is 1.58. The minimum absolute atomic E-state index is 0.0953. The number of allylic oxidation sites excluding steroid dienone is 1. The molecule has 3 aromatic carbocycles. The molecule has 178 valence electrons. The van der Waals surface area contributed by atoms with Crippen LogP contribution >= 0.6 is 11.3 Å². The van der Waals surface area contributed by atoms with Crippen LogP contribution in [-0.4, -0.2) is 17.6 Å². The minimum Gasteiger partial charge on any atom is -0.545 e. The van der Waals surface area contributed by atoms with E-state index in [1.54, 1.807) is 29.9 Å². The average molecular weight is 494 g/mol. The van der Waals surface area contributed by atoms with E-state index in [1.165, 1.54) is 29.0 Å². The molecular weight excluding hydrogens is 472 g/mol. The van der Waals surface area contributed by atoms with Crippen LogP contribution in [0.1, 0.15) is 45.1 Å². The van der Waals surface area contributed by atoms with Crippen LogP contribution in [0.4, 0.5) is 0 Å². The first kappa shape index (κ1) is 22.2. The van der Waals surface area contributed by atoms with Crippen LogP contribution in [0.3, 0.4) is 0 Å². The predicted molar refractivity (Wildman–Crippen MR) is 137 cm³/mol. The van der Waals surface area contributed by atoms with Crippen LogP contribution in [-0.2, 0) is 6.42 Å². The molecule has 0 bridgehead atoms. The Kier molecular flexibility index (Phi) is 5.42. The molecule has 2 aliphatic rings. The van der Waals surface area contributed by atoms with E-state index in [0.29, 0.717) is 9.33 Å². The number of carboxylic acid groups (broad SMARTS) is 1. The van der Waals surface area contributed by atoms with E-state index in [4.69, 9.17) is 9.73 Å². The summed E-state index contributed by atoms with van der Waals surface area (Å²) in [5, 5.41) is 11.1. The van der Waals surface area contributed by atoms with Crippen LogP contribution in [0.15, 0.2) is 88.2 Å². The Bertz CT molecular complexity index is 1730. The molecule has 1 aliphatic heterocycles. The normalized spacial score (nSPS) is 16.6. The summed E-state index contributed by atoms with van der Waals surface area (Å²) < 4.78 is 7.81. The third-order valence-electron chi connectivity index (χ3n) is 6.73. The topological polar surface area (TPSA) is 83.7 Å². The van der Waals surface area contributed by atoms with Crippen LogP contribution in [0.2, 0.25) is 0 Å². The Hall–Kier alpha value is -4.23. The summed E-state index contributed by atoms with van der Waals surface area (Å²) >= 11 is 1.34. The first-order chi connectivity index (χ1) is 17.5. The highest BCUT2D eigenvalue weighted by atomic mass is 32.1. The molecule has 0 spiro atoms. The maximum absolute atomic E-state index is 13.8. The zero-order chi connectivity index (χ0) is 24.8. The summed E-state index contributed by atoms with van der Waals surface area (Å²) in [5.74, 6) is -0.497. The van der Waals surface area contributed by atoms with Gasteiger partial charge in [0.05, 0.1) is 29.4 Å². The number of carbonyl (C=O) groups is 1. The number of aryl methyl sites for hydroxylation is 1. The molecule has 0 unspecified atom stereocenters. The standard InChI is InChI=1S/C29H22N2O4S/c1-35-21-7-4-6-20(16-21)26-23-14-13-18-5-2-3-8-22(18)25(23)30-29-31(26)27(32)24(36-29)15-17-9-11-19(12-10-17)28(33)34/h2-12,15-16,26H,13-14H2,1H3,(H,33,34)/p-1/b24-15+/t26-/m0/s1. The van der Waals surface area contributed by atoms with Gasteiger partial charge in [0.2, 0.25) is 0 Å². The lowest BCUT2D eigenvalue weighted by Gasteiger charge is -2.31. The molecule has 0 amide bonds. The smallest absolute Gasteiger partial charge is 0.271 e. The number of rotatable bonds is 4. The van der Waals surface area contributed by atoms with Gasteiger partial charge in [-0.25, -0.2) is 4.99 Å². The Morgan fingerprint density at radius 1 is 1.08 bits per heavy atom. The fraction of sp³-hybridized carbons (Fsp3) is 0.138. The van der Waals surface area contributed by atoms with Gasteiger partial charge in [0.1, 0.15) is 5.75 Å². The van der Waals surface area contributed by atoms with E-state index in [2.05, 4.69) is 12.1 Å². The van der Waals surface area contributed by atoms with Crippen molar-refractivity contribution in [3.63, 3.8) is 0 Å². The Labute approximate surface area is 210 Å². The molecule has 0 radical (unpaired) electrons. The van der Waals surface area contributed by atoms with Crippen LogP contribution < -0.4 is 24.7 Å². The van der Waals surface area contributed by atoms with Gasteiger partial charge in [-0.15, -0.1) is 0 Å². The molecule has 2 heterocycles. The van der Waals surface area contributed by atoms with Crippen molar-refractivity contribution in [2.45, 2.75) is 18.9 Å². The van der Waals surface area contributed by atoms with Crippen molar-refractivity contribution < 1.29 is 14.6 Å². The minimum atomic E-state index is -1.23. The molecule has 0 saturated heterocycles. The zero-order valence-corrected chi connectivity index (χ0v) is 20.2. The van der Waals surface area contributed by atoms with E-state index in [1.807, 2.05) is 36.4 Å². The third-order valence-corrected chi connectivity index (χ3v) is 7.71. The van der Waals surface area contributed by atoms with E-state index in [0.717, 1.165) is 46.6 Å². The molecular formula is C29H21N2O4S-. The van der Waals surface area contributed by atoms with Crippen molar-refractivity contribution in [1.29, 1.82) is 0 Å². The third kappa shape index (κ3) is 3.69. The van der Waals surface area contributed by atoms with Crippen molar-refractivity contribution in [3.05, 3.63) is 126 Å². The number of benzene rings is 3. The number of fused-ring (bicyclic) bond motifs is 3. The van der Waals surface area contributed by atoms with Crippen molar-refractivity contribution in [3.8, 4) is 5.75 Å². The lowest BCUT2D eigenvalue weighted by Crippen LogP contribution is -2.38. The number of aromatic carboxylic acids is 1. The van der Waals surface area contributed by atoms with Gasteiger partial charge in [0.25, 0.3) is 5.56 Å². The molecule has 0 saturated carbocycles. The molecule has 1 aromatic heterocycles. The van der Waals surface area contributed by atoms with E-state index >= 15 is 0 Å². The molecule has 36 heavy (non-hydrogen) atoms. The zero-order valence-electron chi connectivity index (χ0n) is 19.4. The van der Waals surface area contributed by atoms with E-state index in [9.17, 15) is 14.7 Å². The first-order valence-corrected chi connectivity index (χ1v) is 12.4. The van der Waals surface area contributed by atoms with E-state index < -0.39 is 5.97 Å². The number of carboxylic acids is 1. The summed E-state index contributed by atoms with van der Waals surface area (Å²) in [5.41, 5.74) is 6.12. The maximum atomic E-state index is 13.8. The van der Waals surface area contributed by atoms with Gasteiger partial charge in [0, 0.05) is 5.56 Å². The molecule has 6 nitrogen and oxygen atoms in total. The fourth-order valence-corrected chi connectivity index (χ4v) is 6.00. The average Bonchev–Trinajstić information content (AvgIpc) is 3.22. The molecule has 1 aliphatic carbocycles. The monoisotopic (exact) mass is 493 g/mol. The quantitative estimate of drug-likeness (QED) is 0.438. The lowest BCUT2D eigenvalue weighted by molar-refractivity contribution is -0.255. The second-order valence-electron chi connectivity index (χ2n) is 8.80. The number of nitrogens with zero attached hydrogens (tertiary/aromatic N) is 2. The van der Waals surface area contributed by atoms with Crippen LogP contribution in [0, 0.1) is 0 Å². The second kappa shape index (κ2) is 8.77. The highest BCUT2D eigenvalue weighted by Gasteiger charge is 2.32. The predicted octanol–water partition coefficient (Wildman–Crippen LogP) is 2.69. The Morgan fingerprint density at radius 3 is 2.67 bits per heavy atom. The summed E-state index contributed by atoms with van der Waals surface area (Å²) in [6, 6.07) is 22.2. The van der Waals surface area contributed by atoms with E-state index in [-0.39, 0.29) is 17.2 Å². The number of hydrogen-bond acceptors (Lipinski definition) is 6. The summed E-state index contributed by atoms with van der Waals surface area (Å²) in [6.07, 6.45) is 3.48. The SMILES string of the molecule is COc1cccc([C@H]2C3=C(N=c4s/c(=C/c5ccc(C(=O)[O-])cc5)c(=O)n42)c2ccccc2CC3)c1. The first-order valence-electron chi connectivity index (χ1n) is 11.6. The summed E-state index contributed by atoms with van der Waals surface area (Å²) in [7, 11) is 1.64. The van der Waals surface area contributed by atoms with Crippen molar-refractivity contribution in [2.24, 2.45) is 4.99 Å². The number of ether oxygens (including phenoxy) is 1. The Morgan fingerprint density at radius 2 is 1.89 bits per heavy atom.